The Labute approximate surface area is 164 Å². The molecule has 6 heteroatoms. The van der Waals surface area contributed by atoms with Gasteiger partial charge >= 0.3 is 0 Å². The van der Waals surface area contributed by atoms with Gasteiger partial charge in [0.05, 0.1) is 0 Å². The average molecular weight is 378 g/mol. The fourth-order valence-electron chi connectivity index (χ4n) is 2.87. The number of halogens is 1. The largest absolute Gasteiger partial charge is 0.370 e. The van der Waals surface area contributed by atoms with Crippen molar-refractivity contribution in [3.8, 4) is 0 Å². The average Bonchev–Trinajstić information content (AvgIpc) is 2.66. The summed E-state index contributed by atoms with van der Waals surface area (Å²) in [5.74, 6) is 0.505. The van der Waals surface area contributed by atoms with Crippen LogP contribution in [-0.2, 0) is 6.42 Å². The van der Waals surface area contributed by atoms with Crippen LogP contribution in [0, 0.1) is 26.6 Å². The molecule has 0 spiro atoms. The van der Waals surface area contributed by atoms with E-state index in [1.165, 1.54) is 6.07 Å². The van der Waals surface area contributed by atoms with Crippen molar-refractivity contribution in [3.05, 3.63) is 82.6 Å². The predicted molar refractivity (Wildman–Crippen MR) is 109 cm³/mol. The van der Waals surface area contributed by atoms with E-state index in [-0.39, 0.29) is 17.4 Å². The Morgan fingerprint density at radius 3 is 2.61 bits per heavy atom. The minimum Gasteiger partial charge on any atom is -0.370 e. The number of nitrogens with one attached hydrogen (secondary N) is 2. The number of benzene rings is 2. The first-order valence-corrected chi connectivity index (χ1v) is 9.14. The van der Waals surface area contributed by atoms with Gasteiger partial charge in [0.25, 0.3) is 5.91 Å². The maximum absolute atomic E-state index is 13.7. The second-order valence-corrected chi connectivity index (χ2v) is 6.66. The summed E-state index contributed by atoms with van der Waals surface area (Å²) >= 11 is 0. The van der Waals surface area contributed by atoms with E-state index >= 15 is 0 Å². The molecular weight excluding hydrogens is 355 g/mol. The van der Waals surface area contributed by atoms with E-state index in [2.05, 4.69) is 20.6 Å². The zero-order valence-electron chi connectivity index (χ0n) is 16.2. The fraction of sp³-hybridized carbons (Fsp3) is 0.227. The molecule has 0 unspecified atom stereocenters. The van der Waals surface area contributed by atoms with Crippen LogP contribution in [0.1, 0.15) is 33.0 Å². The van der Waals surface area contributed by atoms with Crippen molar-refractivity contribution >= 4 is 17.4 Å². The van der Waals surface area contributed by atoms with Gasteiger partial charge in [-0.05, 0) is 56.0 Å². The molecule has 0 bridgehead atoms. The van der Waals surface area contributed by atoms with Crippen LogP contribution in [0.3, 0.4) is 0 Å². The third kappa shape index (κ3) is 4.71. The first-order valence-electron chi connectivity index (χ1n) is 9.14. The third-order valence-corrected chi connectivity index (χ3v) is 4.58. The Bertz CT molecular complexity index is 1000. The lowest BCUT2D eigenvalue weighted by molar-refractivity contribution is 0.102. The summed E-state index contributed by atoms with van der Waals surface area (Å²) in [5.41, 5.74) is 3.79. The van der Waals surface area contributed by atoms with E-state index in [9.17, 15) is 9.18 Å². The van der Waals surface area contributed by atoms with Gasteiger partial charge in [-0.3, -0.25) is 4.79 Å². The van der Waals surface area contributed by atoms with Crippen LogP contribution in [0.15, 0.2) is 48.5 Å². The molecule has 3 aromatic rings. The molecule has 144 valence electrons. The number of amides is 1. The molecule has 2 aromatic carbocycles. The highest BCUT2D eigenvalue weighted by Gasteiger charge is 2.12. The summed E-state index contributed by atoms with van der Waals surface area (Å²) in [5, 5.41) is 6.05. The minimum atomic E-state index is -0.295. The van der Waals surface area contributed by atoms with Gasteiger partial charge in [-0.1, -0.05) is 30.3 Å². The number of carbonyl (C=O) groups is 1. The van der Waals surface area contributed by atoms with Gasteiger partial charge in [0.1, 0.15) is 23.2 Å². The Morgan fingerprint density at radius 1 is 1.04 bits per heavy atom. The number of aryl methyl sites for hydroxylation is 2. The van der Waals surface area contributed by atoms with Gasteiger partial charge in [-0.2, -0.15) is 0 Å². The lowest BCUT2D eigenvalue weighted by Gasteiger charge is -2.12. The van der Waals surface area contributed by atoms with Crippen LogP contribution in [-0.4, -0.2) is 22.4 Å². The van der Waals surface area contributed by atoms with E-state index in [0.29, 0.717) is 30.2 Å². The monoisotopic (exact) mass is 378 g/mol. The molecule has 0 aliphatic carbocycles. The number of aromatic nitrogens is 2. The first kappa shape index (κ1) is 19.5. The molecule has 0 atom stereocenters. The van der Waals surface area contributed by atoms with Crippen molar-refractivity contribution in [2.75, 3.05) is 17.2 Å². The third-order valence-electron chi connectivity index (χ3n) is 4.58. The van der Waals surface area contributed by atoms with Crippen LogP contribution in [0.5, 0.6) is 0 Å². The van der Waals surface area contributed by atoms with E-state index in [1.807, 2.05) is 38.1 Å². The van der Waals surface area contributed by atoms with Crippen LogP contribution in [0.4, 0.5) is 15.9 Å². The van der Waals surface area contributed by atoms with Crippen LogP contribution >= 0.6 is 0 Å². The number of hydrogen-bond acceptors (Lipinski definition) is 4. The van der Waals surface area contributed by atoms with Crippen LogP contribution in [0.2, 0.25) is 0 Å². The van der Waals surface area contributed by atoms with Crippen molar-refractivity contribution in [1.29, 1.82) is 0 Å². The fourth-order valence-corrected chi connectivity index (χ4v) is 2.87. The molecule has 3 rings (SSSR count). The van der Waals surface area contributed by atoms with E-state index in [1.54, 1.807) is 25.1 Å². The van der Waals surface area contributed by atoms with Gasteiger partial charge in [-0.25, -0.2) is 14.4 Å². The molecular formula is C22H23FN4O. The molecule has 2 N–H and O–H groups in total. The topological polar surface area (TPSA) is 66.9 Å². The van der Waals surface area contributed by atoms with Crippen molar-refractivity contribution < 1.29 is 9.18 Å². The van der Waals surface area contributed by atoms with Gasteiger partial charge in [-0.15, -0.1) is 0 Å². The smallest absolute Gasteiger partial charge is 0.274 e. The standard InChI is InChI=1S/C22H23FN4O/c1-14-7-6-10-19(15(14)2)27-22(28)20-13-21(26-16(3)25-20)24-12-11-17-8-4-5-9-18(17)23/h4-10,13H,11-12H2,1-3H3,(H,27,28)(H,24,25,26). The van der Waals surface area contributed by atoms with Crippen molar-refractivity contribution in [3.63, 3.8) is 0 Å². The van der Waals surface area contributed by atoms with Crippen molar-refractivity contribution in [1.82, 2.24) is 9.97 Å². The quantitative estimate of drug-likeness (QED) is 0.665. The van der Waals surface area contributed by atoms with Gasteiger partial charge in [0, 0.05) is 18.3 Å². The van der Waals surface area contributed by atoms with Gasteiger partial charge in [0.15, 0.2) is 0 Å². The highest BCUT2D eigenvalue weighted by Crippen LogP contribution is 2.19. The molecule has 28 heavy (non-hydrogen) atoms. The highest BCUT2D eigenvalue weighted by atomic mass is 19.1. The minimum absolute atomic E-state index is 0.225. The molecule has 0 aliphatic heterocycles. The second-order valence-electron chi connectivity index (χ2n) is 6.66. The zero-order valence-corrected chi connectivity index (χ0v) is 16.2. The molecule has 0 saturated carbocycles. The summed E-state index contributed by atoms with van der Waals surface area (Å²) in [6, 6.07) is 14.0. The Morgan fingerprint density at radius 2 is 1.82 bits per heavy atom. The SMILES string of the molecule is Cc1nc(NCCc2ccccc2F)cc(C(=O)Nc2cccc(C)c2C)n1. The number of hydrogen-bond donors (Lipinski definition) is 2. The highest BCUT2D eigenvalue weighted by molar-refractivity contribution is 6.03. The molecule has 1 aromatic heterocycles. The summed E-state index contributed by atoms with van der Waals surface area (Å²) < 4.78 is 13.7. The second kappa shape index (κ2) is 8.61. The number of nitrogens with zero attached hydrogens (tertiary/aromatic N) is 2. The molecule has 1 heterocycles. The van der Waals surface area contributed by atoms with Gasteiger partial charge in [0.2, 0.25) is 0 Å². The van der Waals surface area contributed by atoms with E-state index < -0.39 is 0 Å². The molecule has 5 nitrogen and oxygen atoms in total. The molecule has 0 radical (unpaired) electrons. The first-order chi connectivity index (χ1) is 13.4. The Hall–Kier alpha value is -3.28. The van der Waals surface area contributed by atoms with Crippen LogP contribution < -0.4 is 10.6 Å². The summed E-state index contributed by atoms with van der Waals surface area (Å²) in [6.07, 6.45) is 0.514. The lowest BCUT2D eigenvalue weighted by Crippen LogP contribution is -2.17. The van der Waals surface area contributed by atoms with Gasteiger partial charge < -0.3 is 10.6 Å². The van der Waals surface area contributed by atoms with Crippen molar-refractivity contribution in [2.45, 2.75) is 27.2 Å². The Kier molecular flexibility index (Phi) is 5.99. The van der Waals surface area contributed by atoms with Crippen LogP contribution in [0.25, 0.3) is 0 Å². The molecule has 0 aliphatic rings. The summed E-state index contributed by atoms with van der Waals surface area (Å²) in [6.45, 7) is 6.19. The number of carbonyl (C=O) groups excluding carboxylic acids is 1. The Balaban J connectivity index is 1.69. The van der Waals surface area contributed by atoms with E-state index in [4.69, 9.17) is 0 Å². The maximum atomic E-state index is 13.7. The summed E-state index contributed by atoms with van der Waals surface area (Å²) in [7, 11) is 0. The molecule has 0 saturated heterocycles. The predicted octanol–water partition coefficient (Wildman–Crippen LogP) is 4.45. The normalized spacial score (nSPS) is 10.6. The van der Waals surface area contributed by atoms with E-state index in [0.717, 1.165) is 16.8 Å². The van der Waals surface area contributed by atoms with Crippen molar-refractivity contribution in [2.24, 2.45) is 0 Å². The summed E-state index contributed by atoms with van der Waals surface area (Å²) in [4.78, 5) is 21.2. The maximum Gasteiger partial charge on any atom is 0.274 e. The molecule has 1 amide bonds. The zero-order chi connectivity index (χ0) is 20.1. The number of rotatable bonds is 6. The lowest BCUT2D eigenvalue weighted by atomic mass is 10.1. The molecule has 0 fully saturated rings. The number of anilines is 2.